The summed E-state index contributed by atoms with van der Waals surface area (Å²) in [5.74, 6) is 0.0680. The molecule has 3 rings (SSSR count). The summed E-state index contributed by atoms with van der Waals surface area (Å²) in [6.45, 7) is 1.62. The lowest BCUT2D eigenvalue weighted by atomic mass is 10.1. The first-order chi connectivity index (χ1) is 12.3. The molecule has 0 bridgehead atoms. The number of aryl methyl sites for hydroxylation is 1. The molecule has 2 aromatic rings. The monoisotopic (exact) mass is 360 g/mol. The highest BCUT2D eigenvalue weighted by molar-refractivity contribution is 7.09. The summed E-state index contributed by atoms with van der Waals surface area (Å²) in [6, 6.07) is 9.84. The predicted molar refractivity (Wildman–Crippen MR) is 97.4 cm³/mol. The first-order valence-corrected chi connectivity index (χ1v) is 9.60. The van der Waals surface area contributed by atoms with Crippen molar-refractivity contribution in [2.24, 2.45) is 0 Å². The Balaban J connectivity index is 1.42. The quantitative estimate of drug-likeness (QED) is 0.786. The third kappa shape index (κ3) is 5.92. The highest BCUT2D eigenvalue weighted by Crippen LogP contribution is 2.15. The zero-order valence-corrected chi connectivity index (χ0v) is 15.0. The van der Waals surface area contributed by atoms with Crippen LogP contribution in [0.1, 0.15) is 29.8 Å². The number of amides is 1. The second kappa shape index (κ2) is 9.65. The van der Waals surface area contributed by atoms with Crippen LogP contribution in [0.2, 0.25) is 0 Å². The summed E-state index contributed by atoms with van der Waals surface area (Å²) in [7, 11) is 0. The molecule has 2 atom stereocenters. The van der Waals surface area contributed by atoms with Gasteiger partial charge in [0, 0.05) is 24.1 Å². The van der Waals surface area contributed by atoms with Crippen LogP contribution in [0.25, 0.3) is 0 Å². The van der Waals surface area contributed by atoms with Crippen molar-refractivity contribution in [2.75, 3.05) is 13.2 Å². The fraction of sp³-hybridized carbons (Fsp3) is 0.474. The fourth-order valence-corrected chi connectivity index (χ4v) is 3.64. The number of rotatable bonds is 8. The Bertz CT molecular complexity index is 633. The molecular formula is C19H24N2O3S. The van der Waals surface area contributed by atoms with E-state index in [1.807, 2.05) is 24.3 Å². The lowest BCUT2D eigenvalue weighted by Crippen LogP contribution is -2.50. The highest BCUT2D eigenvalue weighted by Gasteiger charge is 2.27. The van der Waals surface area contributed by atoms with Crippen molar-refractivity contribution in [3.05, 3.63) is 52.5 Å². The average molecular weight is 360 g/mol. The van der Waals surface area contributed by atoms with Gasteiger partial charge >= 0.3 is 0 Å². The minimum absolute atomic E-state index is 0.0306. The number of carbonyl (C=O) groups excluding carboxylic acids is 1. The van der Waals surface area contributed by atoms with Gasteiger partial charge < -0.3 is 14.8 Å². The summed E-state index contributed by atoms with van der Waals surface area (Å²) in [6.07, 6.45) is 4.85. The Kier molecular flexibility index (Phi) is 6.97. The van der Waals surface area contributed by atoms with Crippen LogP contribution < -0.4 is 5.32 Å². The Labute approximate surface area is 152 Å². The van der Waals surface area contributed by atoms with E-state index in [2.05, 4.69) is 21.7 Å². The number of carbonyl (C=O) groups is 1. The topological polar surface area (TPSA) is 60.5 Å². The Morgan fingerprint density at radius 2 is 2.32 bits per heavy atom. The van der Waals surface area contributed by atoms with Crippen LogP contribution in [0.5, 0.6) is 0 Å². The second-order valence-corrected chi connectivity index (χ2v) is 7.17. The summed E-state index contributed by atoms with van der Waals surface area (Å²) in [5, 5.41) is 5.15. The first-order valence-electron chi connectivity index (χ1n) is 8.72. The number of nitrogens with one attached hydrogen (secondary N) is 1. The fourth-order valence-electron chi connectivity index (χ4n) is 2.89. The molecule has 0 aliphatic carbocycles. The second-order valence-electron chi connectivity index (χ2n) is 6.14. The Morgan fingerprint density at radius 3 is 3.12 bits per heavy atom. The molecular weight excluding hydrogens is 336 g/mol. The van der Waals surface area contributed by atoms with Crippen LogP contribution in [0.4, 0.5) is 0 Å². The molecule has 0 radical (unpaired) electrons. The van der Waals surface area contributed by atoms with Crippen LogP contribution in [0.15, 0.2) is 41.9 Å². The van der Waals surface area contributed by atoms with Crippen LogP contribution in [-0.4, -0.2) is 36.3 Å². The maximum absolute atomic E-state index is 12.2. The van der Waals surface area contributed by atoms with Crippen molar-refractivity contribution in [3.8, 4) is 0 Å². The minimum Gasteiger partial charge on any atom is -0.379 e. The molecule has 0 unspecified atom stereocenters. The SMILES string of the molecule is O=C(CCCc1cccs1)N[C@@H]1COCC[C@H]1OCc1ccccn1. The molecule has 134 valence electrons. The van der Waals surface area contributed by atoms with Gasteiger partial charge in [-0.15, -0.1) is 11.3 Å². The van der Waals surface area contributed by atoms with Gasteiger partial charge in [-0.05, 0) is 42.8 Å². The zero-order valence-electron chi connectivity index (χ0n) is 14.2. The van der Waals surface area contributed by atoms with Gasteiger partial charge in [0.1, 0.15) is 0 Å². The van der Waals surface area contributed by atoms with E-state index >= 15 is 0 Å². The Hall–Kier alpha value is -1.76. The van der Waals surface area contributed by atoms with E-state index in [0.717, 1.165) is 25.0 Å². The maximum Gasteiger partial charge on any atom is 0.220 e. The molecule has 6 heteroatoms. The van der Waals surface area contributed by atoms with Gasteiger partial charge in [0.25, 0.3) is 0 Å². The highest BCUT2D eigenvalue weighted by atomic mass is 32.1. The average Bonchev–Trinajstić information content (AvgIpc) is 3.15. The van der Waals surface area contributed by atoms with Crippen molar-refractivity contribution in [1.82, 2.24) is 10.3 Å². The van der Waals surface area contributed by atoms with E-state index in [9.17, 15) is 4.79 Å². The predicted octanol–water partition coefficient (Wildman–Crippen LogP) is 2.96. The van der Waals surface area contributed by atoms with Gasteiger partial charge in [-0.1, -0.05) is 12.1 Å². The van der Waals surface area contributed by atoms with Crippen molar-refractivity contribution in [1.29, 1.82) is 0 Å². The van der Waals surface area contributed by atoms with E-state index in [4.69, 9.17) is 9.47 Å². The molecule has 3 heterocycles. The zero-order chi connectivity index (χ0) is 17.3. The lowest BCUT2D eigenvalue weighted by Gasteiger charge is -2.32. The summed E-state index contributed by atoms with van der Waals surface area (Å²) in [4.78, 5) is 17.8. The van der Waals surface area contributed by atoms with Gasteiger partial charge in [-0.25, -0.2) is 0 Å². The number of nitrogens with zero attached hydrogens (tertiary/aromatic N) is 1. The number of aromatic nitrogens is 1. The molecule has 1 amide bonds. The lowest BCUT2D eigenvalue weighted by molar-refractivity contribution is -0.126. The normalized spacial score (nSPS) is 20.3. The largest absolute Gasteiger partial charge is 0.379 e. The van der Waals surface area contributed by atoms with Gasteiger partial charge in [0.2, 0.25) is 5.91 Å². The van der Waals surface area contributed by atoms with Gasteiger partial charge in [0.05, 0.1) is 31.1 Å². The molecule has 1 N–H and O–H groups in total. The molecule has 0 spiro atoms. The van der Waals surface area contributed by atoms with Gasteiger partial charge in [-0.3, -0.25) is 9.78 Å². The van der Waals surface area contributed by atoms with Crippen molar-refractivity contribution >= 4 is 17.2 Å². The van der Waals surface area contributed by atoms with Crippen LogP contribution in [0.3, 0.4) is 0 Å². The third-order valence-electron chi connectivity index (χ3n) is 4.22. The summed E-state index contributed by atoms with van der Waals surface area (Å²) < 4.78 is 11.5. The minimum atomic E-state index is -0.0910. The van der Waals surface area contributed by atoms with Gasteiger partial charge in [-0.2, -0.15) is 0 Å². The first kappa shape index (κ1) is 18.0. The number of thiophene rings is 1. The molecule has 1 aliphatic heterocycles. The maximum atomic E-state index is 12.2. The van der Waals surface area contributed by atoms with Crippen LogP contribution in [-0.2, 0) is 27.3 Å². The molecule has 5 nitrogen and oxygen atoms in total. The molecule has 2 aromatic heterocycles. The van der Waals surface area contributed by atoms with Crippen molar-refractivity contribution in [2.45, 2.75) is 44.4 Å². The molecule has 25 heavy (non-hydrogen) atoms. The smallest absolute Gasteiger partial charge is 0.220 e. The van der Waals surface area contributed by atoms with E-state index in [0.29, 0.717) is 26.2 Å². The number of hydrogen-bond acceptors (Lipinski definition) is 5. The third-order valence-corrected chi connectivity index (χ3v) is 5.15. The number of pyridine rings is 1. The van der Waals surface area contributed by atoms with E-state index in [-0.39, 0.29) is 18.1 Å². The standard InChI is InChI=1S/C19H24N2O3S/c22-19(8-3-6-16-7-4-12-25-16)21-17-14-23-11-9-18(17)24-13-15-5-1-2-10-20-15/h1-2,4-5,7,10,12,17-18H,3,6,8-9,11,13-14H2,(H,21,22)/t17-,18-/m1/s1. The van der Waals surface area contributed by atoms with Crippen LogP contribution >= 0.6 is 11.3 Å². The molecule has 1 aliphatic rings. The molecule has 1 fully saturated rings. The number of ether oxygens (including phenoxy) is 2. The molecule has 0 aromatic carbocycles. The Morgan fingerprint density at radius 1 is 1.36 bits per heavy atom. The molecule has 1 saturated heterocycles. The van der Waals surface area contributed by atoms with E-state index < -0.39 is 0 Å². The summed E-state index contributed by atoms with van der Waals surface area (Å²) >= 11 is 1.74. The van der Waals surface area contributed by atoms with Crippen molar-refractivity contribution in [3.63, 3.8) is 0 Å². The number of hydrogen-bond donors (Lipinski definition) is 1. The molecule has 0 saturated carbocycles. The van der Waals surface area contributed by atoms with Crippen LogP contribution in [0, 0.1) is 0 Å². The van der Waals surface area contributed by atoms with E-state index in [1.54, 1.807) is 17.5 Å². The van der Waals surface area contributed by atoms with Gasteiger partial charge in [0.15, 0.2) is 0 Å². The van der Waals surface area contributed by atoms with E-state index in [1.165, 1.54) is 4.88 Å². The van der Waals surface area contributed by atoms with Crippen molar-refractivity contribution < 1.29 is 14.3 Å². The summed E-state index contributed by atoms with van der Waals surface area (Å²) in [5.41, 5.74) is 0.898.